The average molecular weight is 500 g/mol. The minimum Gasteiger partial charge on any atom is -0.465 e. The highest BCUT2D eigenvalue weighted by Crippen LogP contribution is 2.38. The first-order chi connectivity index (χ1) is 16.9. The van der Waals surface area contributed by atoms with E-state index in [9.17, 15) is 9.59 Å². The number of hydrogen-bond donors (Lipinski definition) is 0. The zero-order chi connectivity index (χ0) is 24.9. The normalized spacial score (nSPS) is 14.0. The lowest BCUT2D eigenvalue weighted by molar-refractivity contribution is -0.143. The number of anilines is 1. The van der Waals surface area contributed by atoms with E-state index in [1.54, 1.807) is 16.4 Å². The van der Waals surface area contributed by atoms with E-state index in [0.717, 1.165) is 22.3 Å². The van der Waals surface area contributed by atoms with Crippen LogP contribution in [0.5, 0.6) is 0 Å². The minimum atomic E-state index is -0.344. The largest absolute Gasteiger partial charge is 0.465 e. The molecule has 0 bridgehead atoms. The maximum Gasteiger partial charge on any atom is 0.409 e. The van der Waals surface area contributed by atoms with Gasteiger partial charge in [-0.15, -0.1) is 0 Å². The van der Waals surface area contributed by atoms with Crippen molar-refractivity contribution in [2.75, 3.05) is 44.3 Å². The number of benzene rings is 1. The molecule has 186 valence electrons. The standard InChI is InChI=1S/C25H30ClN5O4/c1-4-34-21(32)14-31-13-19(18-7-5-6-8-20(18)26)22-23(27-16-28-24(22)31)29-9-11-30(12-10-29)25(33)35-15-17(2)3/h5-8,13,16-17H,4,9-12,14-15H2,1-3H3. The van der Waals surface area contributed by atoms with Gasteiger partial charge >= 0.3 is 12.1 Å². The van der Waals surface area contributed by atoms with Gasteiger partial charge in [0.2, 0.25) is 0 Å². The molecule has 35 heavy (non-hydrogen) atoms. The minimum absolute atomic E-state index is 0.0285. The Morgan fingerprint density at radius 3 is 2.49 bits per heavy atom. The quantitative estimate of drug-likeness (QED) is 0.449. The van der Waals surface area contributed by atoms with E-state index in [-0.39, 0.29) is 24.5 Å². The number of piperazine rings is 1. The van der Waals surface area contributed by atoms with Crippen molar-refractivity contribution in [3.63, 3.8) is 0 Å². The third kappa shape index (κ3) is 5.51. The van der Waals surface area contributed by atoms with Crippen molar-refractivity contribution in [2.24, 2.45) is 5.92 Å². The van der Waals surface area contributed by atoms with Crippen molar-refractivity contribution in [3.8, 4) is 11.1 Å². The molecule has 3 aromatic rings. The maximum absolute atomic E-state index is 12.4. The summed E-state index contributed by atoms with van der Waals surface area (Å²) in [4.78, 5) is 37.6. The summed E-state index contributed by atoms with van der Waals surface area (Å²) in [5.41, 5.74) is 2.29. The molecule has 4 rings (SSSR count). The molecule has 0 atom stereocenters. The Balaban J connectivity index is 1.67. The first-order valence-electron chi connectivity index (χ1n) is 11.8. The maximum atomic E-state index is 12.4. The zero-order valence-corrected chi connectivity index (χ0v) is 21.0. The molecule has 1 amide bonds. The Morgan fingerprint density at radius 1 is 1.06 bits per heavy atom. The number of ether oxygens (including phenoxy) is 2. The van der Waals surface area contributed by atoms with Crippen LogP contribution in [0.3, 0.4) is 0 Å². The molecule has 1 fully saturated rings. The number of rotatable bonds is 7. The van der Waals surface area contributed by atoms with Gasteiger partial charge in [0.1, 0.15) is 24.3 Å². The number of halogens is 1. The van der Waals surface area contributed by atoms with E-state index in [1.807, 2.05) is 44.3 Å². The average Bonchev–Trinajstić information content (AvgIpc) is 3.21. The van der Waals surface area contributed by atoms with Crippen molar-refractivity contribution in [2.45, 2.75) is 27.3 Å². The van der Waals surface area contributed by atoms with E-state index in [2.05, 4.69) is 14.9 Å². The SMILES string of the molecule is CCOC(=O)Cn1cc(-c2ccccc2Cl)c2c(N3CCN(C(=O)OCC(C)C)CC3)ncnc21. The number of aromatic nitrogens is 3. The molecule has 2 aromatic heterocycles. The van der Waals surface area contributed by atoms with Gasteiger partial charge in [0.15, 0.2) is 0 Å². The molecule has 0 radical (unpaired) electrons. The van der Waals surface area contributed by atoms with Crippen molar-refractivity contribution in [1.29, 1.82) is 0 Å². The summed E-state index contributed by atoms with van der Waals surface area (Å²) in [5, 5.41) is 1.40. The highest BCUT2D eigenvalue weighted by atomic mass is 35.5. The van der Waals surface area contributed by atoms with Crippen LogP contribution < -0.4 is 4.90 Å². The highest BCUT2D eigenvalue weighted by molar-refractivity contribution is 6.33. The van der Waals surface area contributed by atoms with Gasteiger partial charge in [-0.1, -0.05) is 43.6 Å². The van der Waals surface area contributed by atoms with Crippen LogP contribution in [0.1, 0.15) is 20.8 Å². The van der Waals surface area contributed by atoms with Crippen LogP contribution in [0.4, 0.5) is 10.6 Å². The van der Waals surface area contributed by atoms with Gasteiger partial charge in [-0.05, 0) is 18.9 Å². The topological polar surface area (TPSA) is 89.8 Å². The molecule has 0 N–H and O–H groups in total. The van der Waals surface area contributed by atoms with Crippen LogP contribution in [0.15, 0.2) is 36.8 Å². The predicted octanol–water partition coefficient (Wildman–Crippen LogP) is 4.23. The van der Waals surface area contributed by atoms with Crippen LogP contribution >= 0.6 is 11.6 Å². The molecular weight excluding hydrogens is 470 g/mol. The van der Waals surface area contributed by atoms with E-state index in [0.29, 0.717) is 50.1 Å². The number of nitrogens with zero attached hydrogens (tertiary/aromatic N) is 5. The molecule has 3 heterocycles. The number of esters is 1. The molecule has 0 spiro atoms. The van der Waals surface area contributed by atoms with Gasteiger partial charge in [0, 0.05) is 48.5 Å². The zero-order valence-electron chi connectivity index (χ0n) is 20.2. The Bertz CT molecular complexity index is 1200. The number of fused-ring (bicyclic) bond motifs is 1. The molecular formula is C25H30ClN5O4. The Kier molecular flexibility index (Phi) is 7.75. The lowest BCUT2D eigenvalue weighted by atomic mass is 10.1. The van der Waals surface area contributed by atoms with Gasteiger partial charge in [-0.2, -0.15) is 0 Å². The monoisotopic (exact) mass is 499 g/mol. The van der Waals surface area contributed by atoms with Gasteiger partial charge in [-0.3, -0.25) is 4.79 Å². The molecule has 0 aliphatic carbocycles. The van der Waals surface area contributed by atoms with Crippen LogP contribution in [-0.4, -0.2) is 70.9 Å². The molecule has 1 aliphatic heterocycles. The summed E-state index contributed by atoms with van der Waals surface area (Å²) < 4.78 is 12.3. The van der Waals surface area contributed by atoms with Gasteiger partial charge in [-0.25, -0.2) is 14.8 Å². The fourth-order valence-electron chi connectivity index (χ4n) is 4.13. The Labute approximate surface area is 209 Å². The fourth-order valence-corrected chi connectivity index (χ4v) is 4.36. The second kappa shape index (κ2) is 10.9. The summed E-state index contributed by atoms with van der Waals surface area (Å²) in [7, 11) is 0. The molecule has 0 saturated carbocycles. The molecule has 0 unspecified atom stereocenters. The van der Waals surface area contributed by atoms with E-state index in [4.69, 9.17) is 21.1 Å². The van der Waals surface area contributed by atoms with E-state index < -0.39 is 0 Å². The van der Waals surface area contributed by atoms with Crippen LogP contribution in [0, 0.1) is 5.92 Å². The number of amides is 1. The number of hydrogen-bond acceptors (Lipinski definition) is 7. The smallest absolute Gasteiger partial charge is 0.409 e. The summed E-state index contributed by atoms with van der Waals surface area (Å²) in [6, 6.07) is 7.56. The fraction of sp³-hybridized carbons (Fsp3) is 0.440. The van der Waals surface area contributed by atoms with Crippen molar-refractivity contribution < 1.29 is 19.1 Å². The van der Waals surface area contributed by atoms with Gasteiger partial charge in [0.05, 0.1) is 18.6 Å². The van der Waals surface area contributed by atoms with Crippen LogP contribution in [-0.2, 0) is 20.8 Å². The Morgan fingerprint density at radius 2 is 1.80 bits per heavy atom. The van der Waals surface area contributed by atoms with E-state index >= 15 is 0 Å². The van der Waals surface area contributed by atoms with Gasteiger partial charge < -0.3 is 23.8 Å². The second-order valence-corrected chi connectivity index (χ2v) is 9.20. The first kappa shape index (κ1) is 24.8. The first-order valence-corrected chi connectivity index (χ1v) is 12.2. The van der Waals surface area contributed by atoms with E-state index in [1.165, 1.54) is 6.33 Å². The highest BCUT2D eigenvalue weighted by Gasteiger charge is 2.27. The molecule has 10 heteroatoms. The summed E-state index contributed by atoms with van der Waals surface area (Å²) in [5.74, 6) is 0.683. The lowest BCUT2D eigenvalue weighted by Crippen LogP contribution is -2.49. The third-order valence-electron chi connectivity index (χ3n) is 5.78. The molecule has 1 aliphatic rings. The number of carbonyl (C=O) groups is 2. The van der Waals surface area contributed by atoms with Crippen LogP contribution in [0.25, 0.3) is 22.2 Å². The second-order valence-electron chi connectivity index (χ2n) is 8.80. The summed E-state index contributed by atoms with van der Waals surface area (Å²) in [6.45, 7) is 8.76. The van der Waals surface area contributed by atoms with Crippen molar-refractivity contribution in [1.82, 2.24) is 19.4 Å². The predicted molar refractivity (Wildman–Crippen MR) is 135 cm³/mol. The van der Waals surface area contributed by atoms with Crippen LogP contribution in [0.2, 0.25) is 5.02 Å². The third-order valence-corrected chi connectivity index (χ3v) is 6.11. The lowest BCUT2D eigenvalue weighted by Gasteiger charge is -2.35. The summed E-state index contributed by atoms with van der Waals surface area (Å²) in [6.07, 6.45) is 3.09. The van der Waals surface area contributed by atoms with Crippen molar-refractivity contribution >= 4 is 40.5 Å². The summed E-state index contributed by atoms with van der Waals surface area (Å²) >= 11 is 6.55. The Hall–Kier alpha value is -3.33. The number of carbonyl (C=O) groups excluding carboxylic acids is 2. The van der Waals surface area contributed by atoms with Crippen molar-refractivity contribution in [3.05, 3.63) is 41.8 Å². The molecule has 1 aromatic carbocycles. The molecule has 9 nitrogen and oxygen atoms in total. The van der Waals surface area contributed by atoms with Gasteiger partial charge in [0.25, 0.3) is 0 Å². The molecule has 1 saturated heterocycles.